The van der Waals surface area contributed by atoms with Gasteiger partial charge in [-0.2, -0.15) is 4.74 Å². The highest BCUT2D eigenvalue weighted by molar-refractivity contribution is 5.52. The summed E-state index contributed by atoms with van der Waals surface area (Å²) < 4.78 is 6.30. The lowest BCUT2D eigenvalue weighted by molar-refractivity contribution is 0.145. The van der Waals surface area contributed by atoms with Gasteiger partial charge in [0, 0.05) is 25.0 Å². The van der Waals surface area contributed by atoms with Crippen LogP contribution in [0.15, 0.2) is 29.2 Å². The standard InChI is InChI=1S/C7H7N3O/c1-10-7(9-11-10)6-2-4-8-5-3-6/h2-5H,1H3. The van der Waals surface area contributed by atoms with Gasteiger partial charge >= 0.3 is 0 Å². The van der Waals surface area contributed by atoms with Crippen molar-refractivity contribution in [2.24, 2.45) is 7.05 Å². The van der Waals surface area contributed by atoms with Gasteiger partial charge in [0.15, 0.2) is 0 Å². The van der Waals surface area contributed by atoms with E-state index in [1.807, 2.05) is 19.2 Å². The van der Waals surface area contributed by atoms with E-state index in [1.54, 1.807) is 17.1 Å². The summed E-state index contributed by atoms with van der Waals surface area (Å²) in [7, 11) is 1.81. The highest BCUT2D eigenvalue weighted by Crippen LogP contribution is 2.15. The van der Waals surface area contributed by atoms with Crippen LogP contribution in [0.25, 0.3) is 11.4 Å². The first-order valence-electron chi connectivity index (χ1n) is 3.27. The Kier molecular flexibility index (Phi) is 1.25. The third kappa shape index (κ3) is 0.920. The van der Waals surface area contributed by atoms with Gasteiger partial charge < -0.3 is 0 Å². The molecule has 2 rings (SSSR count). The first-order valence-corrected chi connectivity index (χ1v) is 3.27. The van der Waals surface area contributed by atoms with Crippen molar-refractivity contribution in [3.8, 4) is 11.4 Å². The van der Waals surface area contributed by atoms with Crippen molar-refractivity contribution in [2.45, 2.75) is 0 Å². The van der Waals surface area contributed by atoms with Crippen molar-refractivity contribution < 1.29 is 4.63 Å². The second-order valence-corrected chi connectivity index (χ2v) is 2.23. The van der Waals surface area contributed by atoms with Gasteiger partial charge in [-0.3, -0.25) is 9.61 Å². The Bertz CT molecular complexity index is 335. The topological polar surface area (TPSA) is 43.9 Å². The van der Waals surface area contributed by atoms with Gasteiger partial charge in [0.05, 0.1) is 0 Å². The monoisotopic (exact) mass is 149 g/mol. The van der Waals surface area contributed by atoms with Gasteiger partial charge in [0.1, 0.15) is 0 Å². The van der Waals surface area contributed by atoms with Crippen LogP contribution in [-0.2, 0) is 7.05 Å². The summed E-state index contributed by atoms with van der Waals surface area (Å²) in [5.41, 5.74) is 1.02. The highest BCUT2D eigenvalue weighted by Gasteiger charge is 2.06. The highest BCUT2D eigenvalue weighted by atomic mass is 16.6. The molecule has 0 atom stereocenters. The molecule has 0 fully saturated rings. The van der Waals surface area contributed by atoms with Crippen LogP contribution in [0.4, 0.5) is 0 Å². The molecular weight excluding hydrogens is 142 g/mol. The van der Waals surface area contributed by atoms with Gasteiger partial charge in [-0.05, 0) is 17.3 Å². The zero-order valence-electron chi connectivity index (χ0n) is 6.06. The number of nitrogens with zero attached hydrogens (tertiary/aromatic N) is 3. The molecule has 4 nitrogen and oxygen atoms in total. The molecule has 56 valence electrons. The lowest BCUT2D eigenvalue weighted by Crippen LogP contribution is -2.04. The summed E-state index contributed by atoms with van der Waals surface area (Å²) in [6.45, 7) is 0. The molecule has 0 amide bonds. The lowest BCUT2D eigenvalue weighted by atomic mass is 10.2. The van der Waals surface area contributed by atoms with E-state index in [-0.39, 0.29) is 0 Å². The quantitative estimate of drug-likeness (QED) is 0.609. The molecule has 0 aliphatic carbocycles. The zero-order chi connectivity index (χ0) is 7.68. The van der Waals surface area contributed by atoms with Crippen LogP contribution in [0.1, 0.15) is 0 Å². The van der Waals surface area contributed by atoms with Crippen LogP contribution in [0.5, 0.6) is 0 Å². The Balaban J connectivity index is 2.43. The maximum atomic E-state index is 4.70. The predicted molar refractivity (Wildman–Crippen MR) is 38.7 cm³/mol. The fourth-order valence-electron chi connectivity index (χ4n) is 0.899. The minimum absolute atomic E-state index is 0.840. The Morgan fingerprint density at radius 3 is 2.55 bits per heavy atom. The third-order valence-electron chi connectivity index (χ3n) is 1.49. The van der Waals surface area contributed by atoms with E-state index in [4.69, 9.17) is 4.63 Å². The van der Waals surface area contributed by atoms with E-state index in [0.29, 0.717) is 0 Å². The lowest BCUT2D eigenvalue weighted by Gasteiger charge is -2.06. The summed E-state index contributed by atoms with van der Waals surface area (Å²) in [5, 5.41) is 3.74. The average Bonchev–Trinajstić information content (AvgIpc) is 2.04. The number of aromatic nitrogens is 3. The van der Waals surface area contributed by atoms with Crippen LogP contribution < -0.4 is 0 Å². The Morgan fingerprint density at radius 1 is 1.36 bits per heavy atom. The summed E-state index contributed by atoms with van der Waals surface area (Å²) in [6, 6.07) is 3.77. The fraction of sp³-hybridized carbons (Fsp3) is 0.143. The van der Waals surface area contributed by atoms with Crippen molar-refractivity contribution in [1.29, 1.82) is 0 Å². The van der Waals surface area contributed by atoms with Crippen molar-refractivity contribution in [3.05, 3.63) is 24.5 Å². The minimum Gasteiger partial charge on any atom is -0.265 e. The van der Waals surface area contributed by atoms with Gasteiger partial charge in [-0.15, -0.1) is 0 Å². The Hall–Kier alpha value is -1.58. The molecule has 11 heavy (non-hydrogen) atoms. The van der Waals surface area contributed by atoms with Crippen molar-refractivity contribution in [2.75, 3.05) is 0 Å². The first-order chi connectivity index (χ1) is 5.38. The summed E-state index contributed by atoms with van der Waals surface area (Å²) >= 11 is 0. The van der Waals surface area contributed by atoms with E-state index in [1.165, 1.54) is 0 Å². The largest absolute Gasteiger partial charge is 0.265 e. The van der Waals surface area contributed by atoms with Crippen LogP contribution in [0.3, 0.4) is 0 Å². The summed E-state index contributed by atoms with van der Waals surface area (Å²) in [5.74, 6) is 0.840. The van der Waals surface area contributed by atoms with Crippen molar-refractivity contribution in [3.63, 3.8) is 0 Å². The fourth-order valence-corrected chi connectivity index (χ4v) is 0.899. The average molecular weight is 149 g/mol. The van der Waals surface area contributed by atoms with E-state index in [2.05, 4.69) is 10.1 Å². The number of rotatable bonds is 1. The molecule has 0 spiro atoms. The van der Waals surface area contributed by atoms with E-state index in [0.717, 1.165) is 11.4 Å². The molecule has 2 aromatic heterocycles. The smallest absolute Gasteiger partial charge is 0.214 e. The summed E-state index contributed by atoms with van der Waals surface area (Å²) in [6.07, 6.45) is 3.45. The Morgan fingerprint density at radius 2 is 2.09 bits per heavy atom. The van der Waals surface area contributed by atoms with E-state index in [9.17, 15) is 0 Å². The zero-order valence-corrected chi connectivity index (χ0v) is 6.06. The molecule has 0 saturated carbocycles. The SMILES string of the molecule is Cn1onc1-c1ccncc1. The molecular formula is C7H7N3O. The molecule has 0 radical (unpaired) electrons. The number of aryl methyl sites for hydroxylation is 1. The summed E-state index contributed by atoms with van der Waals surface area (Å²) in [4.78, 5) is 3.90. The number of hydrogen-bond acceptors (Lipinski definition) is 3. The van der Waals surface area contributed by atoms with Crippen molar-refractivity contribution >= 4 is 0 Å². The Labute approximate surface area is 63.4 Å². The molecule has 0 aliphatic heterocycles. The van der Waals surface area contributed by atoms with Gasteiger partial charge in [0.2, 0.25) is 5.82 Å². The molecule has 4 heteroatoms. The molecule has 2 heterocycles. The molecule has 0 bridgehead atoms. The number of pyridine rings is 1. The molecule has 0 aliphatic rings. The van der Waals surface area contributed by atoms with Crippen LogP contribution in [0, 0.1) is 0 Å². The molecule has 0 aromatic carbocycles. The van der Waals surface area contributed by atoms with Crippen LogP contribution in [0.2, 0.25) is 0 Å². The van der Waals surface area contributed by atoms with Gasteiger partial charge in [-0.25, -0.2) is 0 Å². The normalized spacial score (nSPS) is 10.3. The van der Waals surface area contributed by atoms with Crippen molar-refractivity contribution in [1.82, 2.24) is 14.9 Å². The van der Waals surface area contributed by atoms with E-state index >= 15 is 0 Å². The number of hydrogen-bond donors (Lipinski definition) is 0. The second-order valence-electron chi connectivity index (χ2n) is 2.23. The maximum Gasteiger partial charge on any atom is 0.214 e. The van der Waals surface area contributed by atoms with E-state index < -0.39 is 0 Å². The van der Waals surface area contributed by atoms with Crippen LogP contribution >= 0.6 is 0 Å². The molecule has 2 aromatic rings. The maximum absolute atomic E-state index is 4.70. The molecule has 0 saturated heterocycles. The second kappa shape index (κ2) is 2.23. The van der Waals surface area contributed by atoms with Gasteiger partial charge in [0.25, 0.3) is 0 Å². The molecule has 0 unspecified atom stereocenters. The third-order valence-corrected chi connectivity index (χ3v) is 1.49. The molecule has 0 N–H and O–H groups in total. The predicted octanol–water partition coefficient (Wildman–Crippen LogP) is 1.08. The van der Waals surface area contributed by atoms with Crippen LogP contribution in [-0.4, -0.2) is 14.9 Å². The minimum atomic E-state index is 0.840. The first kappa shape index (κ1) is 6.15. The van der Waals surface area contributed by atoms with Gasteiger partial charge in [-0.1, -0.05) is 0 Å².